The minimum Gasteiger partial charge on any atom is -0.463 e. The Morgan fingerprint density at radius 2 is 2.33 bits per heavy atom. The summed E-state index contributed by atoms with van der Waals surface area (Å²) in [5.41, 5.74) is 7.09. The summed E-state index contributed by atoms with van der Waals surface area (Å²) in [5, 5.41) is 0. The molecule has 0 aliphatic heterocycles. The Kier molecular flexibility index (Phi) is 1.53. The average molecular weight is 200 g/mol. The number of rotatable bonds is 1. The van der Waals surface area contributed by atoms with Crippen molar-refractivity contribution in [3.63, 3.8) is 0 Å². The van der Waals surface area contributed by atoms with Crippen LogP contribution in [0.5, 0.6) is 0 Å². The summed E-state index contributed by atoms with van der Waals surface area (Å²) >= 11 is 0. The van der Waals surface area contributed by atoms with E-state index < -0.39 is 0 Å². The first kappa shape index (κ1) is 8.05. The van der Waals surface area contributed by atoms with Crippen LogP contribution in [0.1, 0.15) is 0 Å². The molecule has 15 heavy (non-hydrogen) atoms. The second-order valence-electron chi connectivity index (χ2n) is 3.15. The molecule has 0 atom stereocenters. The number of nitrogen functional groups attached to an aromatic ring is 1. The van der Waals surface area contributed by atoms with Gasteiger partial charge in [-0.2, -0.15) is 0 Å². The molecule has 0 aromatic carbocycles. The number of anilines is 1. The van der Waals surface area contributed by atoms with E-state index in [-0.39, 0.29) is 0 Å². The fraction of sp³-hybridized carbons (Fsp3) is 0. The monoisotopic (exact) mass is 200 g/mol. The van der Waals surface area contributed by atoms with E-state index in [1.807, 2.05) is 22.7 Å². The standard InChI is InChI=1S/C10H8N4O/c11-9-10-13-7(8-2-1-5-15-8)6-14(10)4-3-12-9/h1-6H,(H2,11,12). The number of nitrogens with two attached hydrogens (primary N) is 1. The molecule has 0 bridgehead atoms. The van der Waals surface area contributed by atoms with Gasteiger partial charge in [-0.15, -0.1) is 0 Å². The Balaban J connectivity index is 2.27. The summed E-state index contributed by atoms with van der Waals surface area (Å²) in [4.78, 5) is 8.30. The molecule has 5 heteroatoms. The van der Waals surface area contributed by atoms with E-state index in [0.717, 1.165) is 11.5 Å². The number of aromatic nitrogens is 3. The molecule has 0 amide bonds. The van der Waals surface area contributed by atoms with Crippen molar-refractivity contribution in [3.05, 3.63) is 37.0 Å². The second kappa shape index (κ2) is 2.84. The molecule has 0 aliphatic carbocycles. The topological polar surface area (TPSA) is 69.3 Å². The van der Waals surface area contributed by atoms with Gasteiger partial charge in [0.05, 0.1) is 6.26 Å². The van der Waals surface area contributed by atoms with Gasteiger partial charge in [0.15, 0.2) is 17.2 Å². The first-order valence-electron chi connectivity index (χ1n) is 4.47. The molecule has 3 aromatic heterocycles. The molecule has 3 aromatic rings. The zero-order valence-corrected chi connectivity index (χ0v) is 7.79. The van der Waals surface area contributed by atoms with Crippen LogP contribution in [-0.2, 0) is 0 Å². The molecule has 0 unspecified atom stereocenters. The number of nitrogens with zero attached hydrogens (tertiary/aromatic N) is 3. The van der Waals surface area contributed by atoms with Crippen LogP contribution < -0.4 is 5.73 Å². The third kappa shape index (κ3) is 1.17. The van der Waals surface area contributed by atoms with Gasteiger partial charge < -0.3 is 14.6 Å². The molecule has 5 nitrogen and oxygen atoms in total. The molecule has 0 fully saturated rings. The molecule has 0 aliphatic rings. The van der Waals surface area contributed by atoms with Crippen LogP contribution in [-0.4, -0.2) is 14.4 Å². The molecule has 0 radical (unpaired) electrons. The van der Waals surface area contributed by atoms with E-state index in [0.29, 0.717) is 11.5 Å². The summed E-state index contributed by atoms with van der Waals surface area (Å²) in [5.74, 6) is 1.13. The van der Waals surface area contributed by atoms with Crippen LogP contribution >= 0.6 is 0 Å². The van der Waals surface area contributed by atoms with Crippen molar-refractivity contribution in [2.45, 2.75) is 0 Å². The first-order valence-corrected chi connectivity index (χ1v) is 4.47. The van der Waals surface area contributed by atoms with E-state index in [1.54, 1.807) is 18.7 Å². The van der Waals surface area contributed by atoms with Gasteiger partial charge in [0.25, 0.3) is 0 Å². The second-order valence-corrected chi connectivity index (χ2v) is 3.15. The van der Waals surface area contributed by atoms with Crippen LogP contribution in [0.25, 0.3) is 17.1 Å². The maximum absolute atomic E-state index is 5.70. The van der Waals surface area contributed by atoms with Crippen LogP contribution in [0.15, 0.2) is 41.4 Å². The molecular formula is C10H8N4O. The predicted octanol–water partition coefficient (Wildman–Crippen LogP) is 1.57. The van der Waals surface area contributed by atoms with Crippen molar-refractivity contribution in [1.82, 2.24) is 14.4 Å². The Bertz CT molecular complexity index is 597. The van der Waals surface area contributed by atoms with Crippen LogP contribution in [0, 0.1) is 0 Å². The Morgan fingerprint density at radius 3 is 3.07 bits per heavy atom. The van der Waals surface area contributed by atoms with Gasteiger partial charge in [0.1, 0.15) is 5.69 Å². The third-order valence-corrected chi connectivity index (χ3v) is 2.18. The van der Waals surface area contributed by atoms with Gasteiger partial charge in [0, 0.05) is 18.6 Å². The van der Waals surface area contributed by atoms with Gasteiger partial charge >= 0.3 is 0 Å². The molecule has 0 saturated carbocycles. The maximum atomic E-state index is 5.70. The lowest BCUT2D eigenvalue weighted by molar-refractivity contribution is 0.580. The molecule has 74 valence electrons. The Labute approximate surface area is 85.2 Å². The minimum atomic E-state index is 0.412. The predicted molar refractivity (Wildman–Crippen MR) is 55.1 cm³/mol. The minimum absolute atomic E-state index is 0.412. The van der Waals surface area contributed by atoms with E-state index in [4.69, 9.17) is 10.2 Å². The van der Waals surface area contributed by atoms with Gasteiger partial charge in [-0.1, -0.05) is 0 Å². The lowest BCUT2D eigenvalue weighted by Gasteiger charge is -1.92. The third-order valence-electron chi connectivity index (χ3n) is 2.18. The van der Waals surface area contributed by atoms with Crippen molar-refractivity contribution in [1.29, 1.82) is 0 Å². The maximum Gasteiger partial charge on any atom is 0.180 e. The molecule has 0 saturated heterocycles. The van der Waals surface area contributed by atoms with Crippen molar-refractivity contribution in [2.24, 2.45) is 0 Å². The quantitative estimate of drug-likeness (QED) is 0.647. The summed E-state index contributed by atoms with van der Waals surface area (Å²) in [6.07, 6.45) is 6.90. The first-order chi connectivity index (χ1) is 7.34. The number of imidazole rings is 1. The zero-order chi connectivity index (χ0) is 10.3. The summed E-state index contributed by atoms with van der Waals surface area (Å²) < 4.78 is 7.07. The van der Waals surface area contributed by atoms with Crippen LogP contribution in [0.3, 0.4) is 0 Å². The largest absolute Gasteiger partial charge is 0.463 e. The molecule has 0 spiro atoms. The molecule has 3 heterocycles. The number of hydrogen-bond donors (Lipinski definition) is 1. The lowest BCUT2D eigenvalue weighted by atomic mass is 10.4. The number of hydrogen-bond acceptors (Lipinski definition) is 4. The highest BCUT2D eigenvalue weighted by molar-refractivity contribution is 5.65. The Hall–Kier alpha value is -2.30. The Morgan fingerprint density at radius 1 is 1.40 bits per heavy atom. The van der Waals surface area contributed by atoms with Crippen LogP contribution in [0.4, 0.5) is 5.82 Å². The fourth-order valence-electron chi connectivity index (χ4n) is 1.48. The van der Waals surface area contributed by atoms with Gasteiger partial charge in [-0.25, -0.2) is 9.97 Å². The van der Waals surface area contributed by atoms with Crippen molar-refractivity contribution in [2.75, 3.05) is 5.73 Å². The van der Waals surface area contributed by atoms with Gasteiger partial charge in [-0.05, 0) is 12.1 Å². The highest BCUT2D eigenvalue weighted by Gasteiger charge is 2.08. The smallest absolute Gasteiger partial charge is 0.180 e. The SMILES string of the molecule is Nc1nccn2cc(-c3ccco3)nc12. The lowest BCUT2D eigenvalue weighted by Crippen LogP contribution is -1.94. The van der Waals surface area contributed by atoms with Crippen molar-refractivity contribution in [3.8, 4) is 11.5 Å². The average Bonchev–Trinajstić information content (AvgIpc) is 2.86. The molecule has 2 N–H and O–H groups in total. The van der Waals surface area contributed by atoms with E-state index in [1.165, 1.54) is 0 Å². The highest BCUT2D eigenvalue weighted by Crippen LogP contribution is 2.20. The van der Waals surface area contributed by atoms with E-state index >= 15 is 0 Å². The van der Waals surface area contributed by atoms with Gasteiger partial charge in [0.2, 0.25) is 0 Å². The fourth-order valence-corrected chi connectivity index (χ4v) is 1.48. The highest BCUT2D eigenvalue weighted by atomic mass is 16.3. The summed E-state index contributed by atoms with van der Waals surface area (Å²) in [6.45, 7) is 0. The summed E-state index contributed by atoms with van der Waals surface area (Å²) in [7, 11) is 0. The number of furan rings is 1. The van der Waals surface area contributed by atoms with Crippen LogP contribution in [0.2, 0.25) is 0 Å². The van der Waals surface area contributed by atoms with E-state index in [9.17, 15) is 0 Å². The van der Waals surface area contributed by atoms with Crippen molar-refractivity contribution >= 4 is 11.5 Å². The zero-order valence-electron chi connectivity index (χ0n) is 7.79. The molecular weight excluding hydrogens is 192 g/mol. The van der Waals surface area contributed by atoms with Crippen molar-refractivity contribution < 1.29 is 4.42 Å². The number of fused-ring (bicyclic) bond motifs is 1. The summed E-state index contributed by atoms with van der Waals surface area (Å²) in [6, 6.07) is 3.67. The normalized spacial score (nSPS) is 10.9. The van der Waals surface area contributed by atoms with Gasteiger partial charge in [-0.3, -0.25) is 0 Å². The van der Waals surface area contributed by atoms with E-state index in [2.05, 4.69) is 9.97 Å². The molecule has 3 rings (SSSR count).